The Morgan fingerprint density at radius 2 is 1.61 bits per heavy atom. The number of carbonyl (C=O) groups excluding carboxylic acids is 1. The standard InChI is InChI=1S/C27H32N4O2/c1-18-14-21(4)22(5)25(15-18)33-17-27(32)31-12-10-30(11-13-31)26-9-8-24(28-29-26)23-7-6-19(2)20(3)16-23/h6-9,14-16H,10-13,17H2,1-5H3. The zero-order valence-electron chi connectivity index (χ0n) is 20.2. The lowest BCUT2D eigenvalue weighted by Gasteiger charge is -2.35. The van der Waals surface area contributed by atoms with Gasteiger partial charge in [0, 0.05) is 31.7 Å². The quantitative estimate of drug-likeness (QED) is 0.583. The molecule has 33 heavy (non-hydrogen) atoms. The van der Waals surface area contributed by atoms with Crippen LogP contribution < -0.4 is 9.64 Å². The summed E-state index contributed by atoms with van der Waals surface area (Å²) in [6, 6.07) is 14.5. The lowest BCUT2D eigenvalue weighted by atomic mass is 10.0. The van der Waals surface area contributed by atoms with Crippen molar-refractivity contribution in [1.82, 2.24) is 15.1 Å². The zero-order chi connectivity index (χ0) is 23.5. The highest BCUT2D eigenvalue weighted by Crippen LogP contribution is 2.24. The summed E-state index contributed by atoms with van der Waals surface area (Å²) in [5.41, 5.74) is 7.86. The summed E-state index contributed by atoms with van der Waals surface area (Å²) in [4.78, 5) is 16.7. The molecule has 2 heterocycles. The van der Waals surface area contributed by atoms with Gasteiger partial charge in [-0.15, -0.1) is 10.2 Å². The molecular weight excluding hydrogens is 412 g/mol. The monoisotopic (exact) mass is 444 g/mol. The molecule has 1 fully saturated rings. The number of hydrogen-bond acceptors (Lipinski definition) is 5. The Morgan fingerprint density at radius 1 is 0.848 bits per heavy atom. The highest BCUT2D eigenvalue weighted by atomic mass is 16.5. The van der Waals surface area contributed by atoms with Crippen LogP contribution in [0.1, 0.15) is 27.8 Å². The molecule has 172 valence electrons. The number of carbonyl (C=O) groups is 1. The van der Waals surface area contributed by atoms with E-state index in [4.69, 9.17) is 4.74 Å². The Morgan fingerprint density at radius 3 is 2.27 bits per heavy atom. The number of nitrogens with zero attached hydrogens (tertiary/aromatic N) is 4. The fourth-order valence-electron chi connectivity index (χ4n) is 4.12. The van der Waals surface area contributed by atoms with Gasteiger partial charge in [-0.05, 0) is 86.7 Å². The summed E-state index contributed by atoms with van der Waals surface area (Å²) in [7, 11) is 0. The van der Waals surface area contributed by atoms with Crippen LogP contribution in [-0.4, -0.2) is 53.8 Å². The Labute approximate surface area is 196 Å². The number of rotatable bonds is 5. The van der Waals surface area contributed by atoms with Crippen LogP contribution in [0.2, 0.25) is 0 Å². The molecule has 1 aliphatic heterocycles. The van der Waals surface area contributed by atoms with Crippen molar-refractivity contribution in [2.24, 2.45) is 0 Å². The molecule has 1 aromatic heterocycles. The first-order chi connectivity index (χ1) is 15.8. The van der Waals surface area contributed by atoms with Gasteiger partial charge in [0.05, 0.1) is 5.69 Å². The van der Waals surface area contributed by atoms with Gasteiger partial charge in [-0.3, -0.25) is 4.79 Å². The van der Waals surface area contributed by atoms with Crippen molar-refractivity contribution in [3.05, 3.63) is 70.3 Å². The van der Waals surface area contributed by atoms with Gasteiger partial charge in [-0.2, -0.15) is 0 Å². The molecule has 1 amide bonds. The number of ether oxygens (including phenoxy) is 1. The molecule has 0 N–H and O–H groups in total. The molecule has 0 bridgehead atoms. The molecule has 1 saturated heterocycles. The van der Waals surface area contributed by atoms with Crippen LogP contribution in [0, 0.1) is 34.6 Å². The summed E-state index contributed by atoms with van der Waals surface area (Å²) < 4.78 is 5.87. The van der Waals surface area contributed by atoms with Gasteiger partial charge in [0.2, 0.25) is 0 Å². The van der Waals surface area contributed by atoms with E-state index in [2.05, 4.69) is 60.1 Å². The predicted octanol–water partition coefficient (Wildman–Crippen LogP) is 4.41. The van der Waals surface area contributed by atoms with Crippen molar-refractivity contribution in [3.63, 3.8) is 0 Å². The molecule has 0 atom stereocenters. The minimum Gasteiger partial charge on any atom is -0.483 e. The largest absolute Gasteiger partial charge is 0.483 e. The van der Waals surface area contributed by atoms with Crippen LogP contribution in [0.15, 0.2) is 42.5 Å². The number of piperazine rings is 1. The molecule has 0 spiro atoms. The molecule has 6 heteroatoms. The average Bonchev–Trinajstić information content (AvgIpc) is 2.82. The Balaban J connectivity index is 1.32. The van der Waals surface area contributed by atoms with E-state index in [-0.39, 0.29) is 12.5 Å². The maximum atomic E-state index is 12.7. The maximum absolute atomic E-state index is 12.7. The van der Waals surface area contributed by atoms with Crippen LogP contribution in [0.4, 0.5) is 5.82 Å². The second kappa shape index (κ2) is 9.61. The fraction of sp³-hybridized carbons (Fsp3) is 0.370. The molecule has 0 radical (unpaired) electrons. The second-order valence-corrected chi connectivity index (χ2v) is 8.94. The van der Waals surface area contributed by atoms with E-state index in [0.29, 0.717) is 13.1 Å². The molecule has 0 saturated carbocycles. The van der Waals surface area contributed by atoms with Crippen molar-refractivity contribution in [3.8, 4) is 17.0 Å². The van der Waals surface area contributed by atoms with E-state index in [1.807, 2.05) is 36.9 Å². The van der Waals surface area contributed by atoms with Crippen molar-refractivity contribution in [2.75, 3.05) is 37.7 Å². The van der Waals surface area contributed by atoms with Crippen LogP contribution in [-0.2, 0) is 4.79 Å². The highest BCUT2D eigenvalue weighted by molar-refractivity contribution is 5.78. The number of amides is 1. The third kappa shape index (κ3) is 5.16. The molecule has 2 aromatic carbocycles. The Kier molecular flexibility index (Phi) is 6.63. The number of aryl methyl sites for hydroxylation is 4. The van der Waals surface area contributed by atoms with Crippen LogP contribution in [0.5, 0.6) is 5.75 Å². The lowest BCUT2D eigenvalue weighted by Crippen LogP contribution is -2.50. The number of aromatic nitrogens is 2. The second-order valence-electron chi connectivity index (χ2n) is 8.94. The fourth-order valence-corrected chi connectivity index (χ4v) is 4.12. The van der Waals surface area contributed by atoms with Gasteiger partial charge in [-0.25, -0.2) is 0 Å². The molecular formula is C27H32N4O2. The number of anilines is 1. The van der Waals surface area contributed by atoms with Crippen molar-refractivity contribution in [1.29, 1.82) is 0 Å². The SMILES string of the molecule is Cc1cc(C)c(C)c(OCC(=O)N2CCN(c3ccc(-c4ccc(C)c(C)c4)nn3)CC2)c1. The van der Waals surface area contributed by atoms with Crippen molar-refractivity contribution >= 4 is 11.7 Å². The first-order valence-corrected chi connectivity index (χ1v) is 11.5. The van der Waals surface area contributed by atoms with Crippen LogP contribution in [0.25, 0.3) is 11.3 Å². The maximum Gasteiger partial charge on any atom is 0.260 e. The Bertz CT molecular complexity index is 1150. The van der Waals surface area contributed by atoms with Gasteiger partial charge in [0.15, 0.2) is 12.4 Å². The highest BCUT2D eigenvalue weighted by Gasteiger charge is 2.23. The molecule has 3 aromatic rings. The van der Waals surface area contributed by atoms with Gasteiger partial charge >= 0.3 is 0 Å². The third-order valence-electron chi connectivity index (χ3n) is 6.52. The molecule has 0 aliphatic carbocycles. The van der Waals surface area contributed by atoms with Gasteiger partial charge < -0.3 is 14.5 Å². The van der Waals surface area contributed by atoms with Crippen molar-refractivity contribution in [2.45, 2.75) is 34.6 Å². The summed E-state index contributed by atoms with van der Waals surface area (Å²) in [6.07, 6.45) is 0. The summed E-state index contributed by atoms with van der Waals surface area (Å²) in [6.45, 7) is 13.2. The average molecular weight is 445 g/mol. The van der Waals surface area contributed by atoms with Gasteiger partial charge in [0.1, 0.15) is 5.75 Å². The van der Waals surface area contributed by atoms with E-state index < -0.39 is 0 Å². The zero-order valence-corrected chi connectivity index (χ0v) is 20.2. The van der Waals surface area contributed by atoms with Crippen LogP contribution in [0.3, 0.4) is 0 Å². The molecule has 1 aliphatic rings. The van der Waals surface area contributed by atoms with Crippen molar-refractivity contribution < 1.29 is 9.53 Å². The predicted molar refractivity (Wildman–Crippen MR) is 132 cm³/mol. The van der Waals surface area contributed by atoms with E-state index in [0.717, 1.165) is 47.0 Å². The number of hydrogen-bond donors (Lipinski definition) is 0. The molecule has 0 unspecified atom stereocenters. The summed E-state index contributed by atoms with van der Waals surface area (Å²) in [5, 5.41) is 8.89. The first kappa shape index (κ1) is 22.8. The summed E-state index contributed by atoms with van der Waals surface area (Å²) >= 11 is 0. The van der Waals surface area contributed by atoms with Crippen LogP contribution >= 0.6 is 0 Å². The van der Waals surface area contributed by atoms with E-state index in [1.165, 1.54) is 16.7 Å². The normalized spacial score (nSPS) is 13.8. The lowest BCUT2D eigenvalue weighted by molar-refractivity contribution is -0.133. The minimum absolute atomic E-state index is 0.0179. The topological polar surface area (TPSA) is 58.6 Å². The third-order valence-corrected chi connectivity index (χ3v) is 6.52. The first-order valence-electron chi connectivity index (χ1n) is 11.5. The Hall–Kier alpha value is -3.41. The smallest absolute Gasteiger partial charge is 0.260 e. The van der Waals surface area contributed by atoms with E-state index in [1.54, 1.807) is 0 Å². The van der Waals surface area contributed by atoms with E-state index in [9.17, 15) is 4.79 Å². The van der Waals surface area contributed by atoms with Gasteiger partial charge in [0.25, 0.3) is 5.91 Å². The number of benzene rings is 2. The summed E-state index contributed by atoms with van der Waals surface area (Å²) in [5.74, 6) is 1.65. The minimum atomic E-state index is 0.0179. The van der Waals surface area contributed by atoms with E-state index >= 15 is 0 Å². The molecule has 4 rings (SSSR count). The van der Waals surface area contributed by atoms with Gasteiger partial charge in [-0.1, -0.05) is 18.2 Å². The molecule has 6 nitrogen and oxygen atoms in total.